The molecule has 2 amide bonds. The number of hydrogen-bond donors (Lipinski definition) is 1. The summed E-state index contributed by atoms with van der Waals surface area (Å²) in [7, 11) is -1.00. The number of ether oxygens (including phenoxy) is 2. The number of nitrogens with zero attached hydrogens (tertiary/aromatic N) is 2. The minimum absolute atomic E-state index is 0.00500. The first-order chi connectivity index (χ1) is 19.0. The summed E-state index contributed by atoms with van der Waals surface area (Å²) in [6, 6.07) is 8.70. The van der Waals surface area contributed by atoms with Gasteiger partial charge in [-0.05, 0) is 49.1 Å². The third-order valence-corrected chi connectivity index (χ3v) is 8.76. The van der Waals surface area contributed by atoms with Gasteiger partial charge in [0.1, 0.15) is 12.6 Å². The van der Waals surface area contributed by atoms with Crippen LogP contribution in [0.2, 0.25) is 10.0 Å². The van der Waals surface area contributed by atoms with Gasteiger partial charge in [-0.2, -0.15) is 0 Å². The number of hydrogen-bond acceptors (Lipinski definition) is 6. The Kier molecular flexibility index (Phi) is 11.4. The van der Waals surface area contributed by atoms with Gasteiger partial charge in [0.15, 0.2) is 11.5 Å². The third-order valence-electron chi connectivity index (χ3n) is 7.03. The van der Waals surface area contributed by atoms with E-state index in [1.807, 2.05) is 6.92 Å². The summed E-state index contributed by atoms with van der Waals surface area (Å²) < 4.78 is 37.4. The van der Waals surface area contributed by atoms with E-state index in [1.54, 1.807) is 24.3 Å². The summed E-state index contributed by atoms with van der Waals surface area (Å²) in [6.07, 6.45) is 6.34. The molecule has 9 nitrogen and oxygen atoms in total. The van der Waals surface area contributed by atoms with Crippen LogP contribution in [0.3, 0.4) is 0 Å². The molecule has 1 N–H and O–H groups in total. The van der Waals surface area contributed by atoms with Crippen LogP contribution in [0, 0.1) is 0 Å². The van der Waals surface area contributed by atoms with Gasteiger partial charge in [0.2, 0.25) is 21.8 Å². The average Bonchev–Trinajstić information content (AvgIpc) is 2.92. The predicted molar refractivity (Wildman–Crippen MR) is 158 cm³/mol. The van der Waals surface area contributed by atoms with Crippen molar-refractivity contribution in [2.75, 3.05) is 31.3 Å². The zero-order valence-electron chi connectivity index (χ0n) is 23.3. The Hall–Kier alpha value is -2.69. The van der Waals surface area contributed by atoms with E-state index in [1.165, 1.54) is 31.3 Å². The molecule has 220 valence electrons. The lowest BCUT2D eigenvalue weighted by Crippen LogP contribution is -2.54. The van der Waals surface area contributed by atoms with Crippen molar-refractivity contribution in [3.05, 3.63) is 52.0 Å². The van der Waals surface area contributed by atoms with Crippen LogP contribution in [0.15, 0.2) is 36.4 Å². The fourth-order valence-electron chi connectivity index (χ4n) is 4.89. The monoisotopic (exact) mass is 613 g/mol. The molecule has 0 heterocycles. The number of carbonyl (C=O) groups is 2. The Balaban J connectivity index is 1.97. The summed E-state index contributed by atoms with van der Waals surface area (Å²) >= 11 is 12.5. The van der Waals surface area contributed by atoms with Crippen LogP contribution in [0.1, 0.15) is 51.0 Å². The second-order valence-corrected chi connectivity index (χ2v) is 12.6. The van der Waals surface area contributed by atoms with Crippen molar-refractivity contribution < 1.29 is 27.5 Å². The van der Waals surface area contributed by atoms with Gasteiger partial charge in [-0.1, -0.05) is 55.5 Å². The number of rotatable bonds is 12. The molecule has 0 unspecified atom stereocenters. The molecule has 2 aromatic rings. The quantitative estimate of drug-likeness (QED) is 0.360. The summed E-state index contributed by atoms with van der Waals surface area (Å²) in [5, 5.41) is 3.88. The molecule has 40 heavy (non-hydrogen) atoms. The van der Waals surface area contributed by atoms with Gasteiger partial charge in [-0.15, -0.1) is 0 Å². The molecular formula is C28H37Cl2N3O6S. The number of methoxy groups -OCH3 is 2. The molecule has 1 aliphatic rings. The van der Waals surface area contributed by atoms with Crippen LogP contribution in [-0.4, -0.2) is 64.2 Å². The van der Waals surface area contributed by atoms with Gasteiger partial charge in [-0.3, -0.25) is 13.9 Å². The Labute approximate surface area is 246 Å². The fourth-order valence-corrected chi connectivity index (χ4v) is 6.20. The highest BCUT2D eigenvalue weighted by Crippen LogP contribution is 2.33. The molecule has 0 aromatic heterocycles. The highest BCUT2D eigenvalue weighted by atomic mass is 35.5. The lowest BCUT2D eigenvalue weighted by molar-refractivity contribution is -0.140. The SMILES string of the molecule is CC[C@@H](C(=O)NC1CCCCC1)N(Cc1ccc(Cl)cc1Cl)C(=O)CN(c1ccc(OC)c(OC)c1)S(C)(=O)=O. The second-order valence-electron chi connectivity index (χ2n) is 9.83. The van der Waals surface area contributed by atoms with E-state index < -0.39 is 28.5 Å². The first-order valence-corrected chi connectivity index (χ1v) is 15.8. The molecular weight excluding hydrogens is 577 g/mol. The maximum absolute atomic E-state index is 13.9. The zero-order chi connectivity index (χ0) is 29.4. The van der Waals surface area contributed by atoms with Gasteiger partial charge < -0.3 is 19.7 Å². The Morgan fingerprint density at radius 2 is 1.70 bits per heavy atom. The second kappa shape index (κ2) is 14.3. The van der Waals surface area contributed by atoms with Crippen LogP contribution < -0.4 is 19.1 Å². The van der Waals surface area contributed by atoms with Crippen molar-refractivity contribution in [1.82, 2.24) is 10.2 Å². The molecule has 3 rings (SSSR count). The topological polar surface area (TPSA) is 105 Å². The van der Waals surface area contributed by atoms with E-state index in [4.69, 9.17) is 32.7 Å². The van der Waals surface area contributed by atoms with Gasteiger partial charge in [-0.25, -0.2) is 8.42 Å². The van der Waals surface area contributed by atoms with Crippen LogP contribution in [0.5, 0.6) is 11.5 Å². The number of anilines is 1. The summed E-state index contributed by atoms with van der Waals surface area (Å²) in [4.78, 5) is 28.8. The van der Waals surface area contributed by atoms with E-state index in [2.05, 4.69) is 5.32 Å². The molecule has 0 saturated heterocycles. The van der Waals surface area contributed by atoms with Gasteiger partial charge in [0.05, 0.1) is 26.2 Å². The lowest BCUT2D eigenvalue weighted by Gasteiger charge is -2.34. The van der Waals surface area contributed by atoms with E-state index in [0.717, 1.165) is 42.7 Å². The van der Waals surface area contributed by atoms with Gasteiger partial charge in [0.25, 0.3) is 0 Å². The van der Waals surface area contributed by atoms with Gasteiger partial charge >= 0.3 is 0 Å². The molecule has 2 aromatic carbocycles. The van der Waals surface area contributed by atoms with Crippen molar-refractivity contribution in [3.8, 4) is 11.5 Å². The Morgan fingerprint density at radius 3 is 2.27 bits per heavy atom. The zero-order valence-corrected chi connectivity index (χ0v) is 25.6. The highest BCUT2D eigenvalue weighted by molar-refractivity contribution is 7.92. The van der Waals surface area contributed by atoms with Crippen LogP contribution in [0.4, 0.5) is 5.69 Å². The van der Waals surface area contributed by atoms with Crippen LogP contribution in [0.25, 0.3) is 0 Å². The fraction of sp³-hybridized carbons (Fsp3) is 0.500. The maximum Gasteiger partial charge on any atom is 0.244 e. The van der Waals surface area contributed by atoms with Crippen molar-refractivity contribution in [2.24, 2.45) is 0 Å². The Morgan fingerprint density at radius 1 is 1.02 bits per heavy atom. The molecule has 1 atom stereocenters. The highest BCUT2D eigenvalue weighted by Gasteiger charge is 2.33. The number of carbonyl (C=O) groups excluding carboxylic acids is 2. The van der Waals surface area contributed by atoms with Crippen LogP contribution in [-0.2, 0) is 26.2 Å². The maximum atomic E-state index is 13.9. The van der Waals surface area contributed by atoms with E-state index in [9.17, 15) is 18.0 Å². The summed E-state index contributed by atoms with van der Waals surface area (Å²) in [6.45, 7) is 1.28. The minimum atomic E-state index is -3.91. The molecule has 0 aliphatic heterocycles. The van der Waals surface area contributed by atoms with E-state index >= 15 is 0 Å². The van der Waals surface area contributed by atoms with Crippen molar-refractivity contribution in [3.63, 3.8) is 0 Å². The lowest BCUT2D eigenvalue weighted by atomic mass is 9.95. The average molecular weight is 615 g/mol. The summed E-state index contributed by atoms with van der Waals surface area (Å²) in [5.74, 6) is -0.110. The number of nitrogens with one attached hydrogen (secondary N) is 1. The molecule has 0 bridgehead atoms. The molecule has 12 heteroatoms. The van der Waals surface area contributed by atoms with E-state index in [-0.39, 0.29) is 24.2 Å². The molecule has 1 saturated carbocycles. The Bertz CT molecular complexity index is 1300. The molecule has 1 aliphatic carbocycles. The van der Waals surface area contributed by atoms with Gasteiger partial charge in [0, 0.05) is 28.7 Å². The standard InChI is InChI=1S/C28H37Cl2N3O6S/c1-5-24(28(35)31-21-9-7-6-8-10-21)32(17-19-11-12-20(29)15-23(19)30)27(34)18-33(40(4,36)37)22-13-14-25(38-2)26(16-22)39-3/h11-16,21,24H,5-10,17-18H2,1-4H3,(H,31,35)/t24-/m0/s1. The van der Waals surface area contributed by atoms with Crippen molar-refractivity contribution >= 4 is 50.7 Å². The summed E-state index contributed by atoms with van der Waals surface area (Å²) in [5.41, 5.74) is 0.804. The first-order valence-electron chi connectivity index (χ1n) is 13.2. The molecule has 0 spiro atoms. The van der Waals surface area contributed by atoms with E-state index in [0.29, 0.717) is 33.5 Å². The smallest absolute Gasteiger partial charge is 0.244 e. The van der Waals surface area contributed by atoms with Crippen LogP contribution >= 0.6 is 23.2 Å². The number of halogens is 2. The normalized spacial score (nSPS) is 14.8. The minimum Gasteiger partial charge on any atom is -0.493 e. The number of benzene rings is 2. The van der Waals surface area contributed by atoms with Crippen molar-refractivity contribution in [1.29, 1.82) is 0 Å². The first kappa shape index (κ1) is 31.8. The third kappa shape index (κ3) is 8.17. The molecule has 0 radical (unpaired) electrons. The predicted octanol–water partition coefficient (Wildman–Crippen LogP) is 5.03. The molecule has 1 fully saturated rings. The van der Waals surface area contributed by atoms with Crippen molar-refractivity contribution in [2.45, 2.75) is 64.1 Å². The number of amides is 2. The largest absolute Gasteiger partial charge is 0.493 e. The number of sulfonamides is 1.